The Bertz CT molecular complexity index is 362. The predicted octanol–water partition coefficient (Wildman–Crippen LogP) is 1.88. The fraction of sp³-hybridized carbons (Fsp3) is 0.222. The van der Waals surface area contributed by atoms with E-state index in [2.05, 4.69) is 0 Å². The molecule has 0 spiro atoms. The van der Waals surface area contributed by atoms with E-state index in [-0.39, 0.29) is 27.8 Å². The van der Waals surface area contributed by atoms with Crippen LogP contribution in [0.1, 0.15) is 10.4 Å². The lowest BCUT2D eigenvalue weighted by atomic mass is 10.2. The fourth-order valence-electron chi connectivity index (χ4n) is 1.06. The highest BCUT2D eigenvalue weighted by atomic mass is 35.5. The zero-order chi connectivity index (χ0) is 10.7. The third-order valence-electron chi connectivity index (χ3n) is 1.75. The maximum atomic E-state index is 10.6. The number of carbonyl (C=O) groups is 1. The monoisotopic (exact) mass is 216 g/mol. The predicted molar refractivity (Wildman–Crippen MR) is 51.6 cm³/mol. The molecule has 0 unspecified atom stereocenters. The smallest absolute Gasteiger partial charge is 0.180 e. The number of rotatable bonds is 3. The van der Waals surface area contributed by atoms with Crippen LogP contribution in [0.25, 0.3) is 0 Å². The van der Waals surface area contributed by atoms with E-state index in [4.69, 9.17) is 21.1 Å². The molecule has 0 bridgehead atoms. The molecule has 1 N–H and O–H groups in total. The van der Waals surface area contributed by atoms with E-state index in [9.17, 15) is 9.90 Å². The number of aromatic hydroxyl groups is 1. The average molecular weight is 217 g/mol. The Morgan fingerprint density at radius 2 is 2.07 bits per heavy atom. The zero-order valence-corrected chi connectivity index (χ0v) is 8.46. The van der Waals surface area contributed by atoms with Crippen LogP contribution < -0.4 is 9.47 Å². The Morgan fingerprint density at radius 1 is 1.43 bits per heavy atom. The second-order valence-electron chi connectivity index (χ2n) is 2.48. The van der Waals surface area contributed by atoms with Gasteiger partial charge in [-0.1, -0.05) is 11.6 Å². The summed E-state index contributed by atoms with van der Waals surface area (Å²) in [7, 11) is 2.81. The van der Waals surface area contributed by atoms with Crippen LogP contribution in [0, 0.1) is 0 Å². The van der Waals surface area contributed by atoms with Crippen molar-refractivity contribution < 1.29 is 19.4 Å². The molecule has 0 aromatic heterocycles. The van der Waals surface area contributed by atoms with Crippen molar-refractivity contribution in [2.45, 2.75) is 0 Å². The largest absolute Gasteiger partial charge is 0.507 e. The number of benzene rings is 1. The Kier molecular flexibility index (Phi) is 3.19. The minimum Gasteiger partial charge on any atom is -0.507 e. The topological polar surface area (TPSA) is 55.8 Å². The molecule has 0 saturated heterocycles. The van der Waals surface area contributed by atoms with E-state index < -0.39 is 0 Å². The molecule has 0 aliphatic heterocycles. The van der Waals surface area contributed by atoms with Crippen LogP contribution >= 0.6 is 11.6 Å². The number of halogens is 1. The van der Waals surface area contributed by atoms with Crippen molar-refractivity contribution in [3.63, 3.8) is 0 Å². The molecule has 5 heteroatoms. The molecule has 0 atom stereocenters. The van der Waals surface area contributed by atoms with Crippen LogP contribution in [0.15, 0.2) is 6.07 Å². The molecule has 0 saturated carbocycles. The first-order valence-electron chi connectivity index (χ1n) is 3.74. The minimum atomic E-state index is -0.234. The van der Waals surface area contributed by atoms with Crippen molar-refractivity contribution in [3.05, 3.63) is 16.7 Å². The molecule has 1 aromatic carbocycles. The first-order chi connectivity index (χ1) is 6.65. The summed E-state index contributed by atoms with van der Waals surface area (Å²) in [4.78, 5) is 10.6. The van der Waals surface area contributed by atoms with Gasteiger partial charge in [0, 0.05) is 6.07 Å². The summed E-state index contributed by atoms with van der Waals surface area (Å²) in [6.45, 7) is 0. The number of phenols is 1. The Hall–Kier alpha value is -1.42. The van der Waals surface area contributed by atoms with Gasteiger partial charge >= 0.3 is 0 Å². The zero-order valence-electron chi connectivity index (χ0n) is 7.70. The standard InChI is InChI=1S/C9H9ClO4/c1-13-7-3-6(12)5(4-11)8(10)9(7)14-2/h3-4,12H,1-2H3. The molecule has 0 heterocycles. The Labute approximate surface area is 86.0 Å². The van der Waals surface area contributed by atoms with Gasteiger partial charge in [0.1, 0.15) is 10.8 Å². The molecule has 76 valence electrons. The first kappa shape index (κ1) is 10.7. The number of hydrogen-bond acceptors (Lipinski definition) is 4. The maximum absolute atomic E-state index is 10.6. The van der Waals surface area contributed by atoms with Gasteiger partial charge in [0.2, 0.25) is 0 Å². The van der Waals surface area contributed by atoms with Crippen LogP contribution in [0.2, 0.25) is 5.02 Å². The summed E-state index contributed by atoms with van der Waals surface area (Å²) >= 11 is 5.80. The van der Waals surface area contributed by atoms with Crippen LogP contribution in [0.3, 0.4) is 0 Å². The molecule has 1 aromatic rings. The van der Waals surface area contributed by atoms with Gasteiger partial charge < -0.3 is 14.6 Å². The lowest BCUT2D eigenvalue weighted by Crippen LogP contribution is -1.94. The summed E-state index contributed by atoms with van der Waals surface area (Å²) in [5.41, 5.74) is -0.00989. The molecule has 0 aliphatic rings. The van der Waals surface area contributed by atoms with Crippen LogP contribution in [-0.2, 0) is 0 Å². The van der Waals surface area contributed by atoms with Crippen molar-refractivity contribution in [2.24, 2.45) is 0 Å². The normalized spacial score (nSPS) is 9.64. The van der Waals surface area contributed by atoms with E-state index in [1.165, 1.54) is 20.3 Å². The highest BCUT2D eigenvalue weighted by Gasteiger charge is 2.17. The van der Waals surface area contributed by atoms with Crippen LogP contribution in [0.4, 0.5) is 0 Å². The van der Waals surface area contributed by atoms with Gasteiger partial charge in [0.15, 0.2) is 17.8 Å². The van der Waals surface area contributed by atoms with E-state index in [0.717, 1.165) is 0 Å². The number of phenolic OH excluding ortho intramolecular Hbond substituents is 1. The summed E-state index contributed by atoms with van der Waals surface area (Å²) in [6, 6.07) is 1.27. The molecule has 0 fully saturated rings. The molecular weight excluding hydrogens is 208 g/mol. The Balaban J connectivity index is 3.46. The van der Waals surface area contributed by atoms with Crippen LogP contribution in [0.5, 0.6) is 17.2 Å². The maximum Gasteiger partial charge on any atom is 0.180 e. The third-order valence-corrected chi connectivity index (χ3v) is 2.12. The third kappa shape index (κ3) is 1.61. The molecule has 0 amide bonds. The van der Waals surface area contributed by atoms with Crippen molar-refractivity contribution in [3.8, 4) is 17.2 Å². The fourth-order valence-corrected chi connectivity index (χ4v) is 1.38. The van der Waals surface area contributed by atoms with Gasteiger partial charge in [0.05, 0.1) is 19.8 Å². The number of hydrogen-bond donors (Lipinski definition) is 1. The number of aldehydes is 1. The number of methoxy groups -OCH3 is 2. The second-order valence-corrected chi connectivity index (χ2v) is 2.85. The van der Waals surface area contributed by atoms with Gasteiger partial charge in [-0.25, -0.2) is 0 Å². The second kappa shape index (κ2) is 4.19. The molecule has 1 rings (SSSR count). The van der Waals surface area contributed by atoms with E-state index >= 15 is 0 Å². The van der Waals surface area contributed by atoms with Crippen molar-refractivity contribution in [1.82, 2.24) is 0 Å². The number of carbonyl (C=O) groups excluding carboxylic acids is 1. The minimum absolute atomic E-state index is 0.00989. The van der Waals surface area contributed by atoms with Crippen molar-refractivity contribution in [1.29, 1.82) is 0 Å². The summed E-state index contributed by atoms with van der Waals surface area (Å²) < 4.78 is 9.85. The lowest BCUT2D eigenvalue weighted by molar-refractivity contribution is 0.112. The quantitative estimate of drug-likeness (QED) is 0.784. The average Bonchev–Trinajstić information content (AvgIpc) is 2.17. The SMILES string of the molecule is COc1cc(O)c(C=O)c(Cl)c1OC. The van der Waals surface area contributed by atoms with Gasteiger partial charge in [-0.3, -0.25) is 4.79 Å². The van der Waals surface area contributed by atoms with Gasteiger partial charge in [-0.2, -0.15) is 0 Å². The summed E-state index contributed by atoms with van der Waals surface area (Å²) in [6.07, 6.45) is 0.458. The van der Waals surface area contributed by atoms with E-state index in [1.54, 1.807) is 0 Å². The van der Waals surface area contributed by atoms with Gasteiger partial charge in [-0.05, 0) is 0 Å². The van der Waals surface area contributed by atoms with Crippen molar-refractivity contribution >= 4 is 17.9 Å². The molecule has 0 radical (unpaired) electrons. The van der Waals surface area contributed by atoms with Gasteiger partial charge in [-0.15, -0.1) is 0 Å². The first-order valence-corrected chi connectivity index (χ1v) is 4.12. The molecule has 0 aliphatic carbocycles. The van der Waals surface area contributed by atoms with E-state index in [1.807, 2.05) is 0 Å². The summed E-state index contributed by atoms with van der Waals surface area (Å²) in [5, 5.41) is 9.41. The molecule has 4 nitrogen and oxygen atoms in total. The molecular formula is C9H9ClO4. The van der Waals surface area contributed by atoms with Gasteiger partial charge in [0.25, 0.3) is 0 Å². The lowest BCUT2D eigenvalue weighted by Gasteiger charge is -2.11. The van der Waals surface area contributed by atoms with Crippen LogP contribution in [-0.4, -0.2) is 25.6 Å². The highest BCUT2D eigenvalue weighted by molar-refractivity contribution is 6.35. The van der Waals surface area contributed by atoms with E-state index in [0.29, 0.717) is 6.29 Å². The number of ether oxygens (including phenoxy) is 2. The summed E-state index contributed by atoms with van der Waals surface area (Å²) in [5.74, 6) is 0.275. The molecule has 14 heavy (non-hydrogen) atoms. The Morgan fingerprint density at radius 3 is 2.50 bits per heavy atom. The van der Waals surface area contributed by atoms with Crippen molar-refractivity contribution in [2.75, 3.05) is 14.2 Å². The highest BCUT2D eigenvalue weighted by Crippen LogP contribution is 2.41.